The van der Waals surface area contributed by atoms with Crippen LogP contribution in [0.25, 0.3) is 10.9 Å². The van der Waals surface area contributed by atoms with E-state index in [-0.39, 0.29) is 0 Å². The Morgan fingerprint density at radius 3 is 2.38 bits per heavy atom. The van der Waals surface area contributed by atoms with Crippen molar-refractivity contribution in [1.29, 1.82) is 0 Å². The second kappa shape index (κ2) is 10.4. The van der Waals surface area contributed by atoms with Crippen LogP contribution in [0.4, 0.5) is 0 Å². The summed E-state index contributed by atoms with van der Waals surface area (Å²) < 4.78 is 6.76. The Morgan fingerprint density at radius 1 is 1.03 bits per heavy atom. The van der Waals surface area contributed by atoms with E-state index in [2.05, 4.69) is 26.9 Å². The van der Waals surface area contributed by atoms with E-state index in [4.69, 9.17) is 21.3 Å². The number of fused-ring (bicyclic) bond motifs is 1. The minimum absolute atomic E-state index is 0.446. The van der Waals surface area contributed by atoms with E-state index in [1.54, 1.807) is 7.11 Å². The number of hydrogen-bond donors (Lipinski definition) is 1. The van der Waals surface area contributed by atoms with Crippen LogP contribution in [0.1, 0.15) is 29.0 Å². The van der Waals surface area contributed by atoms with Gasteiger partial charge in [-0.1, -0.05) is 70.0 Å². The van der Waals surface area contributed by atoms with Crippen LogP contribution in [0.2, 0.25) is 5.02 Å². The standard InChI is InChI=1S/C28H28BrClN2O2/c1-32(2)16-15-28(33,21-7-5-4-6-8-21)26(19-9-12-23(30)13-10-19)24-18-20-17-22(29)11-14-25(20)31-27(24)34-3/h4-14,17-18,26,33H,15-16H2,1-3H3. The monoisotopic (exact) mass is 538 g/mol. The van der Waals surface area contributed by atoms with Crippen LogP contribution in [-0.4, -0.2) is 42.7 Å². The number of pyridine rings is 1. The summed E-state index contributed by atoms with van der Waals surface area (Å²) in [6.45, 7) is 0.699. The fraction of sp³-hybridized carbons (Fsp3) is 0.250. The van der Waals surface area contributed by atoms with Crippen molar-refractivity contribution >= 4 is 38.4 Å². The molecule has 6 heteroatoms. The average molecular weight is 540 g/mol. The lowest BCUT2D eigenvalue weighted by molar-refractivity contribution is 0.00380. The predicted molar refractivity (Wildman–Crippen MR) is 143 cm³/mol. The van der Waals surface area contributed by atoms with Gasteiger partial charge < -0.3 is 14.7 Å². The molecule has 0 spiro atoms. The molecule has 4 rings (SSSR count). The lowest BCUT2D eigenvalue weighted by atomic mass is 9.71. The first-order chi connectivity index (χ1) is 16.3. The van der Waals surface area contributed by atoms with Crippen molar-refractivity contribution in [2.75, 3.05) is 27.7 Å². The number of rotatable bonds is 8. The molecule has 0 saturated heterocycles. The molecule has 0 amide bonds. The second-order valence-corrected chi connectivity index (χ2v) is 10.1. The quantitative estimate of drug-likeness (QED) is 0.273. The molecule has 4 nitrogen and oxygen atoms in total. The van der Waals surface area contributed by atoms with Crippen LogP contribution in [0, 0.1) is 0 Å². The van der Waals surface area contributed by atoms with Gasteiger partial charge in [-0.15, -0.1) is 0 Å². The van der Waals surface area contributed by atoms with Gasteiger partial charge in [0.25, 0.3) is 0 Å². The normalized spacial score (nSPS) is 14.2. The summed E-state index contributed by atoms with van der Waals surface area (Å²) in [5, 5.41) is 14.2. The largest absolute Gasteiger partial charge is 0.481 e. The maximum atomic E-state index is 12.6. The van der Waals surface area contributed by atoms with E-state index in [0.29, 0.717) is 23.9 Å². The molecule has 1 N–H and O–H groups in total. The molecule has 2 unspecified atom stereocenters. The Labute approximate surface area is 214 Å². The van der Waals surface area contributed by atoms with Crippen LogP contribution >= 0.6 is 27.5 Å². The minimum Gasteiger partial charge on any atom is -0.481 e. The summed E-state index contributed by atoms with van der Waals surface area (Å²) in [6, 6.07) is 25.5. The van der Waals surface area contributed by atoms with Gasteiger partial charge in [-0.25, -0.2) is 4.98 Å². The van der Waals surface area contributed by atoms with E-state index in [1.807, 2.05) is 86.9 Å². The fourth-order valence-corrected chi connectivity index (χ4v) is 4.97. The van der Waals surface area contributed by atoms with Crippen LogP contribution in [-0.2, 0) is 5.60 Å². The molecule has 0 bridgehead atoms. The van der Waals surface area contributed by atoms with Gasteiger partial charge in [-0.2, -0.15) is 0 Å². The molecular weight excluding hydrogens is 512 g/mol. The third kappa shape index (κ3) is 5.13. The molecule has 1 heterocycles. The highest BCUT2D eigenvalue weighted by molar-refractivity contribution is 9.10. The van der Waals surface area contributed by atoms with Crippen molar-refractivity contribution in [3.8, 4) is 5.88 Å². The molecule has 0 saturated carbocycles. The number of benzene rings is 3. The smallest absolute Gasteiger partial charge is 0.217 e. The van der Waals surface area contributed by atoms with E-state index in [9.17, 15) is 5.11 Å². The zero-order valence-electron chi connectivity index (χ0n) is 19.5. The van der Waals surface area contributed by atoms with Gasteiger partial charge >= 0.3 is 0 Å². The number of ether oxygens (including phenoxy) is 1. The van der Waals surface area contributed by atoms with Gasteiger partial charge in [-0.3, -0.25) is 0 Å². The van der Waals surface area contributed by atoms with E-state index in [1.165, 1.54) is 0 Å². The van der Waals surface area contributed by atoms with Gasteiger partial charge in [0.2, 0.25) is 5.88 Å². The molecule has 0 aliphatic heterocycles. The number of nitrogens with zero attached hydrogens (tertiary/aromatic N) is 2. The lowest BCUT2D eigenvalue weighted by Crippen LogP contribution is -2.37. The number of methoxy groups -OCH3 is 1. The summed E-state index contributed by atoms with van der Waals surface area (Å²) in [5.41, 5.74) is 2.20. The van der Waals surface area contributed by atoms with Crippen molar-refractivity contribution in [3.05, 3.63) is 105 Å². The summed E-state index contributed by atoms with van der Waals surface area (Å²) in [5.74, 6) is 0.0481. The number of halogens is 2. The predicted octanol–water partition coefficient (Wildman–Crippen LogP) is 6.63. The van der Waals surface area contributed by atoms with Gasteiger partial charge in [0, 0.05) is 32.9 Å². The highest BCUT2D eigenvalue weighted by Crippen LogP contribution is 2.47. The first-order valence-corrected chi connectivity index (χ1v) is 12.3. The SMILES string of the molecule is COc1nc2ccc(Br)cc2cc1C(c1ccc(Cl)cc1)C(O)(CCN(C)C)c1ccccc1. The summed E-state index contributed by atoms with van der Waals surface area (Å²) >= 11 is 9.81. The van der Waals surface area contributed by atoms with Crippen LogP contribution < -0.4 is 4.74 Å². The summed E-state index contributed by atoms with van der Waals surface area (Å²) in [6.07, 6.45) is 0.511. The number of aromatic nitrogens is 1. The topological polar surface area (TPSA) is 45.6 Å². The van der Waals surface area contributed by atoms with E-state index < -0.39 is 11.5 Å². The fourth-order valence-electron chi connectivity index (χ4n) is 4.46. The van der Waals surface area contributed by atoms with Crippen LogP contribution in [0.5, 0.6) is 5.88 Å². The Balaban J connectivity index is 2.01. The van der Waals surface area contributed by atoms with Crippen molar-refractivity contribution in [2.45, 2.75) is 17.9 Å². The molecule has 34 heavy (non-hydrogen) atoms. The molecule has 0 fully saturated rings. The Bertz CT molecular complexity index is 1260. The van der Waals surface area contributed by atoms with Gasteiger partial charge in [0.1, 0.15) is 5.60 Å². The third-order valence-electron chi connectivity index (χ3n) is 6.17. The highest BCUT2D eigenvalue weighted by Gasteiger charge is 2.42. The molecule has 3 aromatic carbocycles. The first-order valence-electron chi connectivity index (χ1n) is 11.1. The van der Waals surface area contributed by atoms with Gasteiger partial charge in [-0.05, 0) is 68.0 Å². The van der Waals surface area contributed by atoms with Gasteiger partial charge in [0.15, 0.2) is 0 Å². The molecule has 176 valence electrons. The number of aliphatic hydroxyl groups is 1. The van der Waals surface area contributed by atoms with Crippen molar-refractivity contribution in [3.63, 3.8) is 0 Å². The summed E-state index contributed by atoms with van der Waals surface area (Å²) in [4.78, 5) is 6.89. The Morgan fingerprint density at radius 2 is 1.74 bits per heavy atom. The maximum absolute atomic E-state index is 12.6. The van der Waals surface area contributed by atoms with E-state index in [0.717, 1.165) is 32.1 Å². The summed E-state index contributed by atoms with van der Waals surface area (Å²) in [7, 11) is 5.65. The zero-order chi connectivity index (χ0) is 24.3. The van der Waals surface area contributed by atoms with Crippen molar-refractivity contribution in [1.82, 2.24) is 9.88 Å². The van der Waals surface area contributed by atoms with Gasteiger partial charge in [0.05, 0.1) is 12.6 Å². The molecule has 0 radical (unpaired) electrons. The highest BCUT2D eigenvalue weighted by atomic mass is 79.9. The Kier molecular flexibility index (Phi) is 7.58. The second-order valence-electron chi connectivity index (χ2n) is 8.75. The Hall–Kier alpha value is -2.44. The van der Waals surface area contributed by atoms with Crippen LogP contribution in [0.15, 0.2) is 83.3 Å². The third-order valence-corrected chi connectivity index (χ3v) is 6.91. The lowest BCUT2D eigenvalue weighted by Gasteiger charge is -2.39. The molecule has 0 aliphatic carbocycles. The molecule has 2 atom stereocenters. The van der Waals surface area contributed by atoms with E-state index >= 15 is 0 Å². The average Bonchev–Trinajstić information content (AvgIpc) is 2.84. The minimum atomic E-state index is -1.23. The molecule has 1 aromatic heterocycles. The number of hydrogen-bond acceptors (Lipinski definition) is 4. The molecule has 0 aliphatic rings. The molecule has 4 aromatic rings. The van der Waals surface area contributed by atoms with Crippen LogP contribution in [0.3, 0.4) is 0 Å². The van der Waals surface area contributed by atoms with Crippen molar-refractivity contribution in [2.24, 2.45) is 0 Å². The first kappa shape index (κ1) is 24.7. The van der Waals surface area contributed by atoms with Crippen molar-refractivity contribution < 1.29 is 9.84 Å². The maximum Gasteiger partial charge on any atom is 0.217 e. The zero-order valence-corrected chi connectivity index (χ0v) is 21.8. The molecular formula is C28H28BrClN2O2.